The van der Waals surface area contributed by atoms with Gasteiger partial charge in [0, 0.05) is 16.6 Å². The van der Waals surface area contributed by atoms with Crippen molar-refractivity contribution in [3.05, 3.63) is 63.7 Å². The first-order valence-electron chi connectivity index (χ1n) is 7.82. The van der Waals surface area contributed by atoms with Crippen molar-refractivity contribution in [1.82, 2.24) is 19.7 Å². The van der Waals surface area contributed by atoms with Gasteiger partial charge in [0.25, 0.3) is 11.4 Å². The van der Waals surface area contributed by atoms with Crippen LogP contribution in [0.1, 0.15) is 18.7 Å². The van der Waals surface area contributed by atoms with E-state index in [0.29, 0.717) is 21.6 Å². The minimum atomic E-state index is -0.571. The van der Waals surface area contributed by atoms with E-state index in [0.717, 1.165) is 4.68 Å². The largest absolute Gasteiger partial charge is 0.506 e. The Kier molecular flexibility index (Phi) is 3.73. The van der Waals surface area contributed by atoms with Gasteiger partial charge >= 0.3 is 0 Å². The van der Waals surface area contributed by atoms with Crippen LogP contribution in [-0.2, 0) is 0 Å². The molecule has 0 radical (unpaired) electrons. The Labute approximate surface area is 152 Å². The molecule has 1 aromatic carbocycles. The zero-order valence-electron chi connectivity index (χ0n) is 13.6. The van der Waals surface area contributed by atoms with Crippen LogP contribution < -0.4 is 5.56 Å². The number of hydrogen-bond acceptors (Lipinski definition) is 6. The molecule has 0 spiro atoms. The summed E-state index contributed by atoms with van der Waals surface area (Å²) in [5, 5.41) is 25.6. The molecule has 0 saturated carbocycles. The molecule has 130 valence electrons. The van der Waals surface area contributed by atoms with Crippen molar-refractivity contribution in [3.63, 3.8) is 0 Å². The van der Waals surface area contributed by atoms with E-state index in [4.69, 9.17) is 11.6 Å². The van der Waals surface area contributed by atoms with Crippen LogP contribution in [0.4, 0.5) is 0 Å². The van der Waals surface area contributed by atoms with Crippen molar-refractivity contribution in [2.24, 2.45) is 0 Å². The molecule has 8 heteroatoms. The molecule has 26 heavy (non-hydrogen) atoms. The smallest absolute Gasteiger partial charge is 0.280 e. The quantitative estimate of drug-likeness (QED) is 0.527. The zero-order valence-corrected chi connectivity index (χ0v) is 14.3. The molecule has 4 rings (SSSR count). The molecule has 0 aliphatic rings. The van der Waals surface area contributed by atoms with Crippen LogP contribution in [0.2, 0.25) is 5.02 Å². The number of rotatable bonds is 2. The third-order valence-electron chi connectivity index (χ3n) is 4.24. The van der Waals surface area contributed by atoms with Crippen LogP contribution in [0.3, 0.4) is 0 Å². The molecule has 7 nitrogen and oxygen atoms in total. The first-order valence-corrected chi connectivity index (χ1v) is 8.20. The van der Waals surface area contributed by atoms with Crippen LogP contribution in [0.15, 0.2) is 47.4 Å². The maximum Gasteiger partial charge on any atom is 0.280 e. The molecule has 0 fully saturated rings. The Balaban J connectivity index is 2.05. The fraction of sp³-hybridized carbons (Fsp3) is 0.111. The number of aromatic hydroxyl groups is 2. The maximum absolute atomic E-state index is 13.0. The lowest BCUT2D eigenvalue weighted by Crippen LogP contribution is -2.27. The third kappa shape index (κ3) is 2.44. The van der Waals surface area contributed by atoms with Gasteiger partial charge in [0.15, 0.2) is 0 Å². The molecule has 0 amide bonds. The van der Waals surface area contributed by atoms with E-state index >= 15 is 0 Å². The summed E-state index contributed by atoms with van der Waals surface area (Å²) in [5.74, 6) is -0.731. The second-order valence-electron chi connectivity index (χ2n) is 5.85. The van der Waals surface area contributed by atoms with Gasteiger partial charge in [-0.15, -0.1) is 5.10 Å². The number of aromatic nitrogens is 4. The van der Waals surface area contributed by atoms with E-state index in [2.05, 4.69) is 15.1 Å². The number of halogens is 1. The van der Waals surface area contributed by atoms with Gasteiger partial charge < -0.3 is 10.2 Å². The highest BCUT2D eigenvalue weighted by molar-refractivity contribution is 6.31. The van der Waals surface area contributed by atoms with Gasteiger partial charge in [-0.05, 0) is 37.3 Å². The molecule has 0 bridgehead atoms. The Morgan fingerprint density at radius 1 is 1.19 bits per heavy atom. The normalized spacial score (nSPS) is 12.5. The summed E-state index contributed by atoms with van der Waals surface area (Å²) in [6.45, 7) is 1.73. The number of benzene rings is 1. The molecular weight excluding hydrogens is 356 g/mol. The molecule has 3 aromatic heterocycles. The van der Waals surface area contributed by atoms with Gasteiger partial charge in [0.05, 0.1) is 17.3 Å². The van der Waals surface area contributed by atoms with Crippen molar-refractivity contribution in [3.8, 4) is 11.6 Å². The van der Waals surface area contributed by atoms with Crippen molar-refractivity contribution in [2.75, 3.05) is 0 Å². The molecule has 0 unspecified atom stereocenters. The summed E-state index contributed by atoms with van der Waals surface area (Å²) in [6, 6.07) is 9.46. The number of fused-ring (bicyclic) bond motifs is 2. The van der Waals surface area contributed by atoms with Crippen LogP contribution in [-0.4, -0.2) is 30.0 Å². The lowest BCUT2D eigenvalue weighted by molar-refractivity contribution is 0.412. The first-order chi connectivity index (χ1) is 12.5. The van der Waals surface area contributed by atoms with Gasteiger partial charge in [0.1, 0.15) is 16.7 Å². The summed E-state index contributed by atoms with van der Waals surface area (Å²) in [7, 11) is 0. The van der Waals surface area contributed by atoms with Crippen LogP contribution in [0.25, 0.3) is 21.8 Å². The van der Waals surface area contributed by atoms with Crippen molar-refractivity contribution >= 4 is 33.4 Å². The van der Waals surface area contributed by atoms with E-state index in [1.54, 1.807) is 43.5 Å². The SMILES string of the molecule is C[C@H](c1ccccn1)n1nc(O)c2nc3cc(Cl)ccc3c(O)c2c1=O. The van der Waals surface area contributed by atoms with Crippen LogP contribution in [0.5, 0.6) is 11.6 Å². The maximum atomic E-state index is 13.0. The van der Waals surface area contributed by atoms with E-state index < -0.39 is 17.5 Å². The van der Waals surface area contributed by atoms with Crippen LogP contribution >= 0.6 is 11.6 Å². The predicted octanol–water partition coefficient (Wildman–Crippen LogP) is 3.01. The average Bonchev–Trinajstić information content (AvgIpc) is 2.64. The minimum Gasteiger partial charge on any atom is -0.506 e. The molecule has 2 N–H and O–H groups in total. The van der Waals surface area contributed by atoms with Gasteiger partial charge in [-0.2, -0.15) is 0 Å². The molecule has 3 heterocycles. The second-order valence-corrected chi connectivity index (χ2v) is 6.29. The highest BCUT2D eigenvalue weighted by atomic mass is 35.5. The van der Waals surface area contributed by atoms with Crippen LogP contribution in [0, 0.1) is 0 Å². The van der Waals surface area contributed by atoms with Gasteiger partial charge in [0.2, 0.25) is 0 Å². The Bertz CT molecular complexity index is 1210. The molecule has 1 atom stereocenters. The lowest BCUT2D eigenvalue weighted by atomic mass is 10.1. The zero-order chi connectivity index (χ0) is 18.4. The van der Waals surface area contributed by atoms with Crippen molar-refractivity contribution in [2.45, 2.75) is 13.0 Å². The molecule has 0 aliphatic carbocycles. The fourth-order valence-electron chi connectivity index (χ4n) is 2.91. The number of hydrogen-bond donors (Lipinski definition) is 2. The fourth-order valence-corrected chi connectivity index (χ4v) is 3.07. The second kappa shape index (κ2) is 5.96. The van der Waals surface area contributed by atoms with Crippen molar-refractivity contribution in [1.29, 1.82) is 0 Å². The Morgan fingerprint density at radius 3 is 2.73 bits per heavy atom. The summed E-state index contributed by atoms with van der Waals surface area (Å²) in [6.07, 6.45) is 1.61. The van der Waals surface area contributed by atoms with E-state index in [1.807, 2.05) is 0 Å². The Morgan fingerprint density at radius 2 is 2.00 bits per heavy atom. The summed E-state index contributed by atoms with van der Waals surface area (Å²) >= 11 is 5.96. The third-order valence-corrected chi connectivity index (χ3v) is 4.47. The monoisotopic (exact) mass is 368 g/mol. The lowest BCUT2D eigenvalue weighted by Gasteiger charge is -2.15. The minimum absolute atomic E-state index is 0.0771. The van der Waals surface area contributed by atoms with Gasteiger partial charge in [-0.1, -0.05) is 17.7 Å². The predicted molar refractivity (Wildman–Crippen MR) is 97.7 cm³/mol. The van der Waals surface area contributed by atoms with E-state index in [1.165, 1.54) is 6.07 Å². The summed E-state index contributed by atoms with van der Waals surface area (Å²) < 4.78 is 1.09. The molecular formula is C18H13ClN4O3. The first kappa shape index (κ1) is 16.3. The number of nitrogens with zero attached hydrogens (tertiary/aromatic N) is 4. The standard InChI is InChI=1S/C18H13ClN4O3/c1-9(12-4-2-3-7-20-12)23-18(26)14-15(17(25)22-23)21-13-8-10(19)5-6-11(13)16(14)24/h2-9H,1H3,(H,21,24)(H,22,25)/t9-/m1/s1. The Hall–Kier alpha value is -3.19. The molecule has 4 aromatic rings. The topological polar surface area (TPSA) is 101 Å². The average molecular weight is 369 g/mol. The van der Waals surface area contributed by atoms with E-state index in [-0.39, 0.29) is 16.7 Å². The van der Waals surface area contributed by atoms with Crippen molar-refractivity contribution < 1.29 is 10.2 Å². The van der Waals surface area contributed by atoms with E-state index in [9.17, 15) is 15.0 Å². The molecule has 0 aliphatic heterocycles. The summed E-state index contributed by atoms with van der Waals surface area (Å²) in [4.78, 5) is 21.4. The van der Waals surface area contributed by atoms with Gasteiger partial charge in [-0.3, -0.25) is 9.78 Å². The molecule has 0 saturated heterocycles. The highest BCUT2D eigenvalue weighted by Gasteiger charge is 2.21. The van der Waals surface area contributed by atoms with Gasteiger partial charge in [-0.25, -0.2) is 9.67 Å². The highest BCUT2D eigenvalue weighted by Crippen LogP contribution is 2.33. The summed E-state index contributed by atoms with van der Waals surface area (Å²) in [5.41, 5.74) is 0.305. The number of pyridine rings is 2.